The fourth-order valence-electron chi connectivity index (χ4n) is 2.42. The van der Waals surface area contributed by atoms with E-state index in [2.05, 4.69) is 10.3 Å². The first-order chi connectivity index (χ1) is 10.7. The van der Waals surface area contributed by atoms with Crippen molar-refractivity contribution >= 4 is 11.4 Å². The van der Waals surface area contributed by atoms with E-state index in [0.717, 1.165) is 17.8 Å². The first-order valence-corrected chi connectivity index (χ1v) is 7.18. The number of nitrogens with one attached hydrogen (secondary N) is 1. The van der Waals surface area contributed by atoms with Crippen LogP contribution in [0.25, 0.3) is 5.52 Å². The van der Waals surface area contributed by atoms with E-state index in [1.165, 1.54) is 6.07 Å². The Hall–Kier alpha value is -2.69. The lowest BCUT2D eigenvalue weighted by Gasteiger charge is -2.05. The van der Waals surface area contributed by atoms with Crippen LogP contribution < -0.4 is 5.32 Å². The number of aromatic nitrogens is 2. The van der Waals surface area contributed by atoms with Crippen molar-refractivity contribution in [3.63, 3.8) is 0 Å². The van der Waals surface area contributed by atoms with Crippen LogP contribution >= 0.6 is 0 Å². The summed E-state index contributed by atoms with van der Waals surface area (Å²) in [4.78, 5) is 16.8. The highest BCUT2D eigenvalue weighted by Gasteiger charge is 2.16. The highest BCUT2D eigenvalue weighted by atomic mass is 19.1. The summed E-state index contributed by atoms with van der Waals surface area (Å²) in [6.07, 6.45) is 2.61. The van der Waals surface area contributed by atoms with Crippen LogP contribution in [0.5, 0.6) is 0 Å². The molecule has 2 heterocycles. The Morgan fingerprint density at radius 2 is 2.00 bits per heavy atom. The second kappa shape index (κ2) is 5.97. The molecule has 0 radical (unpaired) electrons. The highest BCUT2D eigenvalue weighted by molar-refractivity contribution is 5.99. The molecular weight excluding hydrogens is 281 g/mol. The van der Waals surface area contributed by atoms with E-state index in [0.29, 0.717) is 11.3 Å². The summed E-state index contributed by atoms with van der Waals surface area (Å²) in [6.45, 7) is 2.13. The van der Waals surface area contributed by atoms with E-state index < -0.39 is 0 Å². The number of benzene rings is 1. The fraction of sp³-hybridized carbons (Fsp3) is 0.176. The minimum atomic E-state index is -0.327. The molecule has 3 aromatic rings. The third-order valence-electron chi connectivity index (χ3n) is 3.55. The van der Waals surface area contributed by atoms with Crippen molar-refractivity contribution in [2.45, 2.75) is 19.9 Å². The Morgan fingerprint density at radius 1 is 1.23 bits per heavy atom. The molecule has 0 spiro atoms. The van der Waals surface area contributed by atoms with Crippen molar-refractivity contribution in [2.24, 2.45) is 0 Å². The van der Waals surface area contributed by atoms with Gasteiger partial charge in [0.15, 0.2) is 5.69 Å². The van der Waals surface area contributed by atoms with Gasteiger partial charge in [0.05, 0.1) is 5.52 Å². The summed E-state index contributed by atoms with van der Waals surface area (Å²) in [5, 5.41) is 2.73. The molecule has 3 rings (SSSR count). The third kappa shape index (κ3) is 2.57. The lowest BCUT2D eigenvalue weighted by molar-refractivity contribution is 0.0947. The van der Waals surface area contributed by atoms with Crippen molar-refractivity contribution in [2.75, 3.05) is 0 Å². The first kappa shape index (κ1) is 14.3. The Morgan fingerprint density at radius 3 is 2.77 bits per heavy atom. The van der Waals surface area contributed by atoms with Gasteiger partial charge in [-0.1, -0.05) is 31.2 Å². The smallest absolute Gasteiger partial charge is 0.272 e. The molecule has 0 unspecified atom stereocenters. The van der Waals surface area contributed by atoms with Gasteiger partial charge in [0.25, 0.3) is 5.91 Å². The van der Waals surface area contributed by atoms with E-state index in [1.807, 2.05) is 35.7 Å². The van der Waals surface area contributed by atoms with Crippen molar-refractivity contribution < 1.29 is 9.18 Å². The second-order valence-electron chi connectivity index (χ2n) is 4.96. The minimum Gasteiger partial charge on any atom is -0.346 e. The molecule has 1 amide bonds. The lowest BCUT2D eigenvalue weighted by Crippen LogP contribution is -2.24. The zero-order valence-corrected chi connectivity index (χ0v) is 12.2. The van der Waals surface area contributed by atoms with Crippen molar-refractivity contribution in [1.82, 2.24) is 14.7 Å². The number of nitrogens with zero attached hydrogens (tertiary/aromatic N) is 2. The molecule has 112 valence electrons. The number of aryl methyl sites for hydroxylation is 1. The molecule has 4 nitrogen and oxygen atoms in total. The third-order valence-corrected chi connectivity index (χ3v) is 3.55. The summed E-state index contributed by atoms with van der Waals surface area (Å²) in [5.74, 6) is 0.199. The van der Waals surface area contributed by atoms with Gasteiger partial charge >= 0.3 is 0 Å². The predicted octanol–water partition coefficient (Wildman–Crippen LogP) is 2.97. The summed E-state index contributed by atoms with van der Waals surface area (Å²) >= 11 is 0. The van der Waals surface area contributed by atoms with Gasteiger partial charge < -0.3 is 9.72 Å². The Bertz CT molecular complexity index is 826. The molecule has 5 heteroatoms. The Balaban J connectivity index is 1.85. The summed E-state index contributed by atoms with van der Waals surface area (Å²) in [6, 6.07) is 12.0. The number of carbonyl (C=O) groups is 1. The zero-order chi connectivity index (χ0) is 15.5. The molecule has 0 fully saturated rings. The van der Waals surface area contributed by atoms with Crippen LogP contribution in [0.15, 0.2) is 48.7 Å². The van der Waals surface area contributed by atoms with Crippen LogP contribution in [0.3, 0.4) is 0 Å². The monoisotopic (exact) mass is 297 g/mol. The van der Waals surface area contributed by atoms with Crippen LogP contribution in [-0.2, 0) is 13.0 Å². The molecule has 0 saturated carbocycles. The maximum Gasteiger partial charge on any atom is 0.272 e. The lowest BCUT2D eigenvalue weighted by atomic mass is 10.2. The number of fused-ring (bicyclic) bond motifs is 1. The standard InChI is InChI=1S/C17H16FN3O/c1-2-15-20-16(14-9-5-6-10-21(14)15)17(22)19-11-12-7-3-4-8-13(12)18/h3-10H,2,11H2,1H3,(H,19,22). The molecule has 2 aromatic heterocycles. The topological polar surface area (TPSA) is 46.4 Å². The molecule has 1 aromatic carbocycles. The molecule has 0 aliphatic carbocycles. The van der Waals surface area contributed by atoms with Crippen LogP contribution in [0.4, 0.5) is 4.39 Å². The molecule has 0 atom stereocenters. The van der Waals surface area contributed by atoms with Gasteiger partial charge in [0.2, 0.25) is 0 Å². The summed E-state index contributed by atoms with van der Waals surface area (Å²) < 4.78 is 15.5. The maximum absolute atomic E-state index is 13.6. The number of amides is 1. The van der Waals surface area contributed by atoms with Gasteiger partial charge in [-0.15, -0.1) is 0 Å². The van der Waals surface area contributed by atoms with Gasteiger partial charge in [-0.05, 0) is 18.2 Å². The highest BCUT2D eigenvalue weighted by Crippen LogP contribution is 2.14. The van der Waals surface area contributed by atoms with E-state index in [9.17, 15) is 9.18 Å². The molecular formula is C17H16FN3O. The number of halogens is 1. The molecule has 1 N–H and O–H groups in total. The number of rotatable bonds is 4. The van der Waals surface area contributed by atoms with Crippen LogP contribution in [0.1, 0.15) is 28.8 Å². The van der Waals surface area contributed by atoms with Crippen LogP contribution in [-0.4, -0.2) is 15.3 Å². The van der Waals surface area contributed by atoms with Gasteiger partial charge in [-0.25, -0.2) is 9.37 Å². The van der Waals surface area contributed by atoms with Crippen molar-refractivity contribution in [3.05, 3.63) is 71.6 Å². The molecule has 0 aliphatic rings. The summed E-state index contributed by atoms with van der Waals surface area (Å²) in [7, 11) is 0. The molecule has 0 aliphatic heterocycles. The SMILES string of the molecule is CCc1nc(C(=O)NCc2ccccc2F)c2ccccn12. The number of hydrogen-bond donors (Lipinski definition) is 1. The maximum atomic E-state index is 13.6. The van der Waals surface area contributed by atoms with E-state index >= 15 is 0 Å². The van der Waals surface area contributed by atoms with Gasteiger partial charge in [-0.3, -0.25) is 4.79 Å². The average Bonchev–Trinajstić information content (AvgIpc) is 2.93. The van der Waals surface area contributed by atoms with Gasteiger partial charge in [0, 0.05) is 24.7 Å². The van der Waals surface area contributed by atoms with Crippen LogP contribution in [0, 0.1) is 5.82 Å². The fourth-order valence-corrected chi connectivity index (χ4v) is 2.42. The number of carbonyl (C=O) groups excluding carboxylic acids is 1. The quantitative estimate of drug-likeness (QED) is 0.804. The van der Waals surface area contributed by atoms with E-state index in [1.54, 1.807) is 18.2 Å². The largest absolute Gasteiger partial charge is 0.346 e. The van der Waals surface area contributed by atoms with Crippen molar-refractivity contribution in [1.29, 1.82) is 0 Å². The van der Waals surface area contributed by atoms with Gasteiger partial charge in [0.1, 0.15) is 11.6 Å². The van der Waals surface area contributed by atoms with Crippen LogP contribution in [0.2, 0.25) is 0 Å². The molecule has 0 bridgehead atoms. The molecule has 0 saturated heterocycles. The number of pyridine rings is 1. The number of imidazole rings is 1. The second-order valence-corrected chi connectivity index (χ2v) is 4.96. The van der Waals surface area contributed by atoms with E-state index in [-0.39, 0.29) is 18.3 Å². The minimum absolute atomic E-state index is 0.138. The predicted molar refractivity (Wildman–Crippen MR) is 82.1 cm³/mol. The first-order valence-electron chi connectivity index (χ1n) is 7.18. The Labute approximate surface area is 127 Å². The Kier molecular flexibility index (Phi) is 3.87. The normalized spacial score (nSPS) is 10.8. The van der Waals surface area contributed by atoms with Crippen molar-refractivity contribution in [3.8, 4) is 0 Å². The number of hydrogen-bond acceptors (Lipinski definition) is 2. The van der Waals surface area contributed by atoms with E-state index in [4.69, 9.17) is 0 Å². The van der Waals surface area contributed by atoms with Gasteiger partial charge in [-0.2, -0.15) is 0 Å². The zero-order valence-electron chi connectivity index (χ0n) is 12.2. The molecule has 22 heavy (non-hydrogen) atoms. The average molecular weight is 297 g/mol. The summed E-state index contributed by atoms with van der Waals surface area (Å²) in [5.41, 5.74) is 1.58.